The van der Waals surface area contributed by atoms with Gasteiger partial charge in [0.25, 0.3) is 0 Å². The zero-order valence-electron chi connectivity index (χ0n) is 20.9. The number of hydrogen-bond acceptors (Lipinski definition) is 3. The minimum absolute atomic E-state index is 0.0224. The number of rotatable bonds is 8. The average molecular weight is 495 g/mol. The van der Waals surface area contributed by atoms with Gasteiger partial charge in [0.2, 0.25) is 0 Å². The molecule has 2 saturated carbocycles. The van der Waals surface area contributed by atoms with Crippen LogP contribution in [0.3, 0.4) is 0 Å². The van der Waals surface area contributed by atoms with E-state index in [-0.39, 0.29) is 11.1 Å². The summed E-state index contributed by atoms with van der Waals surface area (Å²) < 4.78 is 5.17. The van der Waals surface area contributed by atoms with E-state index in [4.69, 9.17) is 16.5 Å². The molecule has 0 unspecified atom stereocenters. The lowest BCUT2D eigenvalue weighted by Gasteiger charge is -2.38. The van der Waals surface area contributed by atoms with Gasteiger partial charge in [0.15, 0.2) is 0 Å². The molecule has 4 heteroatoms. The maximum absolute atomic E-state index is 12.7. The largest absolute Gasteiger partial charge is 0.465 e. The Labute approximate surface area is 212 Å². The third-order valence-electron chi connectivity index (χ3n) is 8.27. The van der Waals surface area contributed by atoms with Gasteiger partial charge >= 0.3 is 5.97 Å². The number of aryl methyl sites for hydroxylation is 1. The van der Waals surface area contributed by atoms with Gasteiger partial charge in [-0.25, -0.2) is 4.79 Å². The smallest absolute Gasteiger partial charge is 0.338 e. The van der Waals surface area contributed by atoms with Crippen LogP contribution in [0, 0.1) is 18.8 Å². The highest BCUT2D eigenvalue weighted by molar-refractivity contribution is 7.96. The predicted octanol–water partition coefficient (Wildman–Crippen LogP) is 8.99. The summed E-state index contributed by atoms with van der Waals surface area (Å²) in [4.78, 5) is 12.7. The van der Waals surface area contributed by atoms with Crippen molar-refractivity contribution in [1.82, 2.24) is 0 Å². The molecule has 0 N–H and O–H groups in total. The Bertz CT molecular complexity index is 969. The van der Waals surface area contributed by atoms with Gasteiger partial charge in [-0.05, 0) is 73.3 Å². The SMILES string of the molecule is COC(=O)c1ccc(C(CC2CCCCC2)(CC2CCCCC2)P=S)cc1-c1ccccc1C. The van der Waals surface area contributed by atoms with Gasteiger partial charge in [-0.2, -0.15) is 0 Å². The van der Waals surface area contributed by atoms with Gasteiger partial charge < -0.3 is 4.74 Å². The normalized spacial score (nSPS) is 18.2. The van der Waals surface area contributed by atoms with Crippen molar-refractivity contribution in [2.75, 3.05) is 7.11 Å². The summed E-state index contributed by atoms with van der Waals surface area (Å²) in [6, 6.07) is 14.8. The van der Waals surface area contributed by atoms with Crippen LogP contribution in [0.4, 0.5) is 0 Å². The van der Waals surface area contributed by atoms with E-state index in [9.17, 15) is 4.79 Å². The minimum atomic E-state index is -0.272. The molecule has 4 rings (SSSR count). The van der Waals surface area contributed by atoms with Crippen molar-refractivity contribution in [2.24, 2.45) is 11.8 Å². The topological polar surface area (TPSA) is 26.3 Å². The summed E-state index contributed by atoms with van der Waals surface area (Å²) in [5.41, 5.74) is 5.23. The van der Waals surface area contributed by atoms with Crippen LogP contribution in [0.1, 0.15) is 98.5 Å². The summed E-state index contributed by atoms with van der Waals surface area (Å²) in [6.07, 6.45) is 15.9. The molecule has 2 aromatic carbocycles. The Kier molecular flexibility index (Phi) is 8.94. The molecular weight excluding hydrogens is 455 g/mol. The van der Waals surface area contributed by atoms with E-state index in [2.05, 4.69) is 43.3 Å². The summed E-state index contributed by atoms with van der Waals surface area (Å²) >= 11 is 5.98. The van der Waals surface area contributed by atoms with Crippen molar-refractivity contribution in [1.29, 1.82) is 0 Å². The molecule has 0 atom stereocenters. The molecule has 0 radical (unpaired) electrons. The number of hydrogen-bond donors (Lipinski definition) is 0. The van der Waals surface area contributed by atoms with Crippen molar-refractivity contribution in [2.45, 2.75) is 89.1 Å². The second-order valence-corrected chi connectivity index (χ2v) is 12.2. The molecule has 2 nitrogen and oxygen atoms in total. The highest BCUT2D eigenvalue weighted by Crippen LogP contribution is 2.51. The Balaban J connectivity index is 1.80. The van der Waals surface area contributed by atoms with Crippen LogP contribution < -0.4 is 0 Å². The zero-order valence-corrected chi connectivity index (χ0v) is 22.6. The monoisotopic (exact) mass is 494 g/mol. The Morgan fingerprint density at radius 1 is 0.912 bits per heavy atom. The molecule has 0 spiro atoms. The Hall–Kier alpha value is -1.57. The van der Waals surface area contributed by atoms with Crippen LogP contribution in [0.25, 0.3) is 11.1 Å². The molecule has 0 heterocycles. The predicted molar refractivity (Wildman–Crippen MR) is 146 cm³/mol. The molecule has 0 bridgehead atoms. The third-order valence-corrected chi connectivity index (χ3v) is 10.3. The van der Waals surface area contributed by atoms with E-state index in [1.54, 1.807) is 0 Å². The quantitative estimate of drug-likeness (QED) is 0.270. The summed E-state index contributed by atoms with van der Waals surface area (Å²) in [7, 11) is 2.52. The molecule has 2 aliphatic carbocycles. The first kappa shape index (κ1) is 25.5. The molecule has 34 heavy (non-hydrogen) atoms. The van der Waals surface area contributed by atoms with Gasteiger partial charge in [-0.15, -0.1) is 0 Å². The summed E-state index contributed by atoms with van der Waals surface area (Å²) in [5.74, 6) is 1.25. The summed E-state index contributed by atoms with van der Waals surface area (Å²) in [5, 5.41) is -0.0224. The fraction of sp³-hybridized carbons (Fsp3) is 0.567. The van der Waals surface area contributed by atoms with Crippen LogP contribution in [0.5, 0.6) is 0 Å². The van der Waals surface area contributed by atoms with Crippen LogP contribution in [0.2, 0.25) is 0 Å². The van der Waals surface area contributed by atoms with Crippen molar-refractivity contribution < 1.29 is 9.53 Å². The highest BCUT2D eigenvalue weighted by Gasteiger charge is 2.37. The fourth-order valence-electron chi connectivity index (χ4n) is 6.40. The lowest BCUT2D eigenvalue weighted by molar-refractivity contribution is 0.0601. The van der Waals surface area contributed by atoms with Crippen molar-refractivity contribution >= 4 is 25.1 Å². The summed E-state index contributed by atoms with van der Waals surface area (Å²) in [6.45, 7) is 2.12. The maximum Gasteiger partial charge on any atom is 0.338 e. The third kappa shape index (κ3) is 5.80. The number of benzene rings is 2. The molecular formula is C30H39O2PS. The molecule has 0 saturated heterocycles. The maximum atomic E-state index is 12.7. The second-order valence-electron chi connectivity index (χ2n) is 10.6. The molecule has 0 aromatic heterocycles. The van der Waals surface area contributed by atoms with Crippen LogP contribution in [0.15, 0.2) is 42.5 Å². The molecule has 2 aliphatic rings. The van der Waals surface area contributed by atoms with Gasteiger partial charge in [-0.3, -0.25) is 0 Å². The number of methoxy groups -OCH3 is 1. The van der Waals surface area contributed by atoms with E-state index in [1.165, 1.54) is 95.3 Å². The van der Waals surface area contributed by atoms with Crippen LogP contribution in [-0.4, -0.2) is 13.1 Å². The van der Waals surface area contributed by atoms with Gasteiger partial charge in [0.1, 0.15) is 0 Å². The number of ether oxygens (including phenoxy) is 1. The van der Waals surface area contributed by atoms with Crippen LogP contribution >= 0.6 is 7.36 Å². The minimum Gasteiger partial charge on any atom is -0.465 e. The zero-order chi connectivity index (χ0) is 24.0. The standard InChI is InChI=1S/C30H39O2PS/c1-22-11-9-10-16-26(22)28-19-25(17-18-27(28)29(31)32-2)30(33-34,20-23-12-5-3-6-13-23)21-24-14-7-4-8-15-24/h9-11,16-19,23-24H,3-8,12-15,20-21H2,1-2H3. The average Bonchev–Trinajstić information content (AvgIpc) is 2.89. The lowest BCUT2D eigenvalue weighted by Crippen LogP contribution is -2.28. The Morgan fingerprint density at radius 2 is 1.50 bits per heavy atom. The van der Waals surface area contributed by atoms with Gasteiger partial charge in [0, 0.05) is 5.16 Å². The molecule has 2 fully saturated rings. The van der Waals surface area contributed by atoms with E-state index in [0.717, 1.165) is 30.3 Å². The van der Waals surface area contributed by atoms with Gasteiger partial charge in [0.05, 0.1) is 12.7 Å². The van der Waals surface area contributed by atoms with Crippen molar-refractivity contribution in [3.05, 3.63) is 59.2 Å². The molecule has 0 aliphatic heterocycles. The van der Waals surface area contributed by atoms with E-state index in [1.807, 2.05) is 6.07 Å². The van der Waals surface area contributed by atoms with E-state index >= 15 is 0 Å². The first-order valence-electron chi connectivity index (χ1n) is 13.2. The Morgan fingerprint density at radius 3 is 2.03 bits per heavy atom. The van der Waals surface area contributed by atoms with Gasteiger partial charge in [-0.1, -0.05) is 106 Å². The molecule has 0 amide bonds. The van der Waals surface area contributed by atoms with Crippen molar-refractivity contribution in [3.63, 3.8) is 0 Å². The number of esters is 1. The fourth-order valence-corrected chi connectivity index (χ4v) is 8.08. The second kappa shape index (κ2) is 11.9. The van der Waals surface area contributed by atoms with Crippen molar-refractivity contribution in [3.8, 4) is 11.1 Å². The first-order valence-corrected chi connectivity index (χ1v) is 15.1. The number of carbonyl (C=O) groups is 1. The highest BCUT2D eigenvalue weighted by atomic mass is 32.4. The van der Waals surface area contributed by atoms with E-state index in [0.29, 0.717) is 5.56 Å². The first-order chi connectivity index (χ1) is 16.6. The van der Waals surface area contributed by atoms with E-state index < -0.39 is 0 Å². The number of carbonyl (C=O) groups excluding carboxylic acids is 1. The lowest BCUT2D eigenvalue weighted by atomic mass is 9.73. The van der Waals surface area contributed by atoms with Crippen LogP contribution in [-0.2, 0) is 21.7 Å². The molecule has 2 aromatic rings. The molecule has 182 valence electrons.